The molecule has 0 saturated heterocycles. The molecule has 0 fully saturated rings. The fraction of sp³-hybridized carbons (Fsp3) is 0.375. The van der Waals surface area contributed by atoms with Crippen molar-refractivity contribution >= 4 is 15.8 Å². The summed E-state index contributed by atoms with van der Waals surface area (Å²) in [7, 11) is -0.863. The highest BCUT2D eigenvalue weighted by Crippen LogP contribution is 2.33. The van der Waals surface area contributed by atoms with E-state index in [0.717, 1.165) is 5.69 Å². The smallest absolute Gasteiger partial charge is 0.263 e. The van der Waals surface area contributed by atoms with Crippen molar-refractivity contribution in [3.05, 3.63) is 35.3 Å². The van der Waals surface area contributed by atoms with Gasteiger partial charge in [0.1, 0.15) is 11.6 Å². The molecule has 0 unspecified atom stereocenters. The van der Waals surface area contributed by atoms with E-state index in [4.69, 9.17) is 9.47 Å². The number of rotatable bonds is 6. The van der Waals surface area contributed by atoms with Gasteiger partial charge in [-0.05, 0) is 31.9 Å². The van der Waals surface area contributed by atoms with Crippen LogP contribution in [0.5, 0.6) is 11.5 Å². The number of nitrogens with one attached hydrogen (secondary N) is 1. The Hall–Kier alpha value is -2.35. The molecular weight excluding hydrogens is 330 g/mol. The summed E-state index contributed by atoms with van der Waals surface area (Å²) in [5.41, 5.74) is 1.31. The molecule has 2 aromatic rings. The highest BCUT2D eigenvalue weighted by Gasteiger charge is 2.21. The van der Waals surface area contributed by atoms with Gasteiger partial charge in [-0.25, -0.2) is 18.4 Å². The van der Waals surface area contributed by atoms with Crippen LogP contribution in [0.25, 0.3) is 0 Å². The van der Waals surface area contributed by atoms with Gasteiger partial charge in [-0.3, -0.25) is 4.72 Å². The van der Waals surface area contributed by atoms with Gasteiger partial charge in [-0.2, -0.15) is 0 Å². The van der Waals surface area contributed by atoms with Crippen molar-refractivity contribution in [1.29, 1.82) is 0 Å². The molecule has 7 nitrogen and oxygen atoms in total. The molecule has 1 heterocycles. The van der Waals surface area contributed by atoms with Crippen molar-refractivity contribution in [2.45, 2.75) is 32.1 Å². The van der Waals surface area contributed by atoms with E-state index in [2.05, 4.69) is 14.7 Å². The number of ether oxygens (including phenoxy) is 2. The maximum Gasteiger partial charge on any atom is 0.263 e. The first-order valence-corrected chi connectivity index (χ1v) is 8.89. The predicted octanol–water partition coefficient (Wildman–Crippen LogP) is 2.47. The molecule has 0 aliphatic rings. The minimum atomic E-state index is -3.82. The number of hydrogen-bond donors (Lipinski definition) is 1. The number of hydrogen-bond acceptors (Lipinski definition) is 6. The molecule has 1 aromatic heterocycles. The van der Waals surface area contributed by atoms with Crippen LogP contribution in [0.1, 0.15) is 24.0 Å². The molecule has 2 rings (SSSR count). The van der Waals surface area contributed by atoms with E-state index >= 15 is 0 Å². The minimum Gasteiger partial charge on any atom is -0.493 e. The highest BCUT2D eigenvalue weighted by molar-refractivity contribution is 7.92. The molecule has 24 heavy (non-hydrogen) atoms. The molecule has 0 atom stereocenters. The highest BCUT2D eigenvalue weighted by atomic mass is 32.2. The summed E-state index contributed by atoms with van der Waals surface area (Å²) in [6.07, 6.45) is 0.688. The Morgan fingerprint density at radius 2 is 1.67 bits per heavy atom. The van der Waals surface area contributed by atoms with Crippen LogP contribution < -0.4 is 14.2 Å². The van der Waals surface area contributed by atoms with Gasteiger partial charge in [0.15, 0.2) is 11.5 Å². The molecule has 0 bridgehead atoms. The number of anilines is 1. The first-order valence-electron chi connectivity index (χ1n) is 7.40. The van der Waals surface area contributed by atoms with E-state index < -0.39 is 10.0 Å². The Morgan fingerprint density at radius 3 is 2.25 bits per heavy atom. The first-order chi connectivity index (χ1) is 11.3. The van der Waals surface area contributed by atoms with Crippen LogP contribution in [0, 0.1) is 13.8 Å². The Morgan fingerprint density at radius 1 is 1.04 bits per heavy atom. The summed E-state index contributed by atoms with van der Waals surface area (Å²) >= 11 is 0. The van der Waals surface area contributed by atoms with Crippen molar-refractivity contribution in [3.63, 3.8) is 0 Å². The van der Waals surface area contributed by atoms with Gasteiger partial charge in [0.05, 0.1) is 19.1 Å². The van der Waals surface area contributed by atoms with E-state index in [1.165, 1.54) is 20.3 Å². The fourth-order valence-electron chi connectivity index (χ4n) is 2.31. The van der Waals surface area contributed by atoms with Gasteiger partial charge in [0.2, 0.25) is 0 Å². The van der Waals surface area contributed by atoms with Gasteiger partial charge in [0, 0.05) is 17.8 Å². The summed E-state index contributed by atoms with van der Waals surface area (Å²) in [4.78, 5) is 8.49. The average Bonchev–Trinajstić information content (AvgIpc) is 2.53. The molecule has 0 aliphatic carbocycles. The fourth-order valence-corrected chi connectivity index (χ4v) is 3.54. The van der Waals surface area contributed by atoms with Crippen molar-refractivity contribution in [2.24, 2.45) is 0 Å². The SMILES string of the molecule is CCc1cc(NS(=O)(=O)c2cc(OC)c(OC)cc2C)nc(C)n1. The Labute approximate surface area is 142 Å². The molecule has 0 aliphatic heterocycles. The molecule has 1 aromatic carbocycles. The van der Waals surface area contributed by atoms with E-state index in [-0.39, 0.29) is 10.7 Å². The number of methoxy groups -OCH3 is 2. The molecular formula is C16H21N3O4S. The Balaban J connectivity index is 2.46. The topological polar surface area (TPSA) is 90.4 Å². The van der Waals surface area contributed by atoms with E-state index in [1.54, 1.807) is 26.0 Å². The normalized spacial score (nSPS) is 11.2. The maximum atomic E-state index is 12.7. The lowest BCUT2D eigenvalue weighted by Crippen LogP contribution is -2.16. The van der Waals surface area contributed by atoms with Gasteiger partial charge in [0.25, 0.3) is 10.0 Å². The van der Waals surface area contributed by atoms with Crippen LogP contribution in [0.3, 0.4) is 0 Å². The molecule has 8 heteroatoms. The number of sulfonamides is 1. The van der Waals surface area contributed by atoms with Crippen LogP contribution in [0.2, 0.25) is 0 Å². The quantitative estimate of drug-likeness (QED) is 0.860. The van der Waals surface area contributed by atoms with Crippen molar-refractivity contribution < 1.29 is 17.9 Å². The van der Waals surface area contributed by atoms with Crippen molar-refractivity contribution in [3.8, 4) is 11.5 Å². The summed E-state index contributed by atoms with van der Waals surface area (Å²) in [6.45, 7) is 5.36. The number of aromatic nitrogens is 2. The third-order valence-electron chi connectivity index (χ3n) is 3.46. The van der Waals surface area contributed by atoms with E-state index in [9.17, 15) is 8.42 Å². The molecule has 0 amide bonds. The second kappa shape index (κ2) is 7.04. The summed E-state index contributed by atoms with van der Waals surface area (Å²) in [6, 6.07) is 4.68. The zero-order chi connectivity index (χ0) is 17.9. The maximum absolute atomic E-state index is 12.7. The summed E-state index contributed by atoms with van der Waals surface area (Å²) in [5, 5.41) is 0. The van der Waals surface area contributed by atoms with Crippen LogP contribution >= 0.6 is 0 Å². The molecule has 1 N–H and O–H groups in total. The predicted molar refractivity (Wildman–Crippen MR) is 91.2 cm³/mol. The summed E-state index contributed by atoms with van der Waals surface area (Å²) < 4.78 is 38.3. The lowest BCUT2D eigenvalue weighted by molar-refractivity contribution is 0.353. The third-order valence-corrected chi connectivity index (χ3v) is 4.96. The van der Waals surface area contributed by atoms with Crippen molar-refractivity contribution in [2.75, 3.05) is 18.9 Å². The monoisotopic (exact) mass is 351 g/mol. The standard InChI is InChI=1S/C16H21N3O4S/c1-6-12-8-16(18-11(3)17-12)19-24(20,21)15-9-14(23-5)13(22-4)7-10(15)2/h7-9H,6H2,1-5H3,(H,17,18,19). The van der Waals surface area contributed by atoms with E-state index in [1.807, 2.05) is 6.92 Å². The van der Waals surface area contributed by atoms with Gasteiger partial charge < -0.3 is 9.47 Å². The average molecular weight is 351 g/mol. The van der Waals surface area contributed by atoms with Gasteiger partial charge in [-0.15, -0.1) is 0 Å². The lowest BCUT2D eigenvalue weighted by Gasteiger charge is -2.14. The molecule has 0 spiro atoms. The Kier molecular flexibility index (Phi) is 5.28. The van der Waals surface area contributed by atoms with E-state index in [0.29, 0.717) is 29.3 Å². The molecule has 0 radical (unpaired) electrons. The third kappa shape index (κ3) is 3.76. The largest absolute Gasteiger partial charge is 0.493 e. The lowest BCUT2D eigenvalue weighted by atomic mass is 10.2. The second-order valence-electron chi connectivity index (χ2n) is 5.22. The van der Waals surface area contributed by atoms with Crippen LogP contribution in [-0.2, 0) is 16.4 Å². The van der Waals surface area contributed by atoms with Crippen LogP contribution in [0.15, 0.2) is 23.1 Å². The van der Waals surface area contributed by atoms with Crippen molar-refractivity contribution in [1.82, 2.24) is 9.97 Å². The Bertz CT molecular complexity index is 851. The van der Waals surface area contributed by atoms with Crippen LogP contribution in [-0.4, -0.2) is 32.6 Å². The van der Waals surface area contributed by atoms with Crippen LogP contribution in [0.4, 0.5) is 5.82 Å². The van der Waals surface area contributed by atoms with Gasteiger partial charge in [-0.1, -0.05) is 6.92 Å². The molecule has 130 valence electrons. The van der Waals surface area contributed by atoms with Gasteiger partial charge >= 0.3 is 0 Å². The minimum absolute atomic E-state index is 0.106. The summed E-state index contributed by atoms with van der Waals surface area (Å²) in [5.74, 6) is 1.57. The zero-order valence-corrected chi connectivity index (χ0v) is 15.2. The second-order valence-corrected chi connectivity index (χ2v) is 6.87. The first kappa shape index (κ1) is 18.0. The number of benzene rings is 1. The zero-order valence-electron chi connectivity index (χ0n) is 14.4. The number of nitrogens with zero attached hydrogens (tertiary/aromatic N) is 2. The molecule has 0 saturated carbocycles. The number of aryl methyl sites for hydroxylation is 3.